The number of aryl methyl sites for hydroxylation is 1. The van der Waals surface area contributed by atoms with Crippen LogP contribution >= 0.6 is 0 Å². The summed E-state index contributed by atoms with van der Waals surface area (Å²) < 4.78 is 1.98. The van der Waals surface area contributed by atoms with Crippen molar-refractivity contribution in [2.24, 2.45) is 11.8 Å². The molecule has 1 aromatic rings. The standard InChI is InChI=1S/C14H24N2O/c1-4-10-16-13(7-9-15-16)14(17)8-5-6-11(2)12(14)3/h7,9,11-12,17H,4-6,8,10H2,1-3H3. The largest absolute Gasteiger partial charge is 0.383 e. The van der Waals surface area contributed by atoms with E-state index >= 15 is 0 Å². The Morgan fingerprint density at radius 3 is 3.00 bits per heavy atom. The Hall–Kier alpha value is -0.830. The van der Waals surface area contributed by atoms with Gasteiger partial charge in [-0.1, -0.05) is 27.2 Å². The van der Waals surface area contributed by atoms with Gasteiger partial charge in [-0.2, -0.15) is 5.10 Å². The predicted octanol–water partition coefficient (Wildman–Crippen LogP) is 2.94. The van der Waals surface area contributed by atoms with Crippen LogP contribution in [0.2, 0.25) is 0 Å². The zero-order valence-corrected chi connectivity index (χ0v) is 11.2. The third kappa shape index (κ3) is 2.13. The summed E-state index contributed by atoms with van der Waals surface area (Å²) in [5.74, 6) is 0.891. The number of hydrogen-bond acceptors (Lipinski definition) is 2. The molecule has 3 atom stereocenters. The molecule has 0 aromatic carbocycles. The smallest absolute Gasteiger partial charge is 0.109 e. The lowest BCUT2D eigenvalue weighted by Crippen LogP contribution is -2.42. The van der Waals surface area contributed by atoms with Crippen LogP contribution in [0.15, 0.2) is 12.3 Å². The molecule has 0 spiro atoms. The molecule has 1 aliphatic carbocycles. The molecule has 0 radical (unpaired) electrons. The molecule has 3 nitrogen and oxygen atoms in total. The van der Waals surface area contributed by atoms with Gasteiger partial charge in [-0.15, -0.1) is 0 Å². The first-order valence-electron chi connectivity index (χ1n) is 6.84. The van der Waals surface area contributed by atoms with E-state index in [1.54, 1.807) is 0 Å². The van der Waals surface area contributed by atoms with Crippen molar-refractivity contribution >= 4 is 0 Å². The van der Waals surface area contributed by atoms with Gasteiger partial charge in [-0.25, -0.2) is 0 Å². The fourth-order valence-electron chi connectivity index (χ4n) is 3.09. The minimum absolute atomic E-state index is 0.309. The van der Waals surface area contributed by atoms with Gasteiger partial charge in [0.1, 0.15) is 5.60 Å². The van der Waals surface area contributed by atoms with Crippen LogP contribution in [0.25, 0.3) is 0 Å². The van der Waals surface area contributed by atoms with Gasteiger partial charge in [0.2, 0.25) is 0 Å². The second-order valence-electron chi connectivity index (χ2n) is 5.52. The minimum atomic E-state index is -0.677. The molecule has 1 fully saturated rings. The highest BCUT2D eigenvalue weighted by molar-refractivity contribution is 5.15. The van der Waals surface area contributed by atoms with E-state index in [1.807, 2.05) is 16.9 Å². The van der Waals surface area contributed by atoms with Crippen LogP contribution in [-0.2, 0) is 12.1 Å². The van der Waals surface area contributed by atoms with E-state index in [0.717, 1.165) is 31.5 Å². The molecule has 1 heterocycles. The molecule has 1 aliphatic rings. The molecule has 0 saturated heterocycles. The Kier molecular flexibility index (Phi) is 3.57. The maximum absolute atomic E-state index is 11.0. The third-order valence-corrected chi connectivity index (χ3v) is 4.42. The lowest BCUT2D eigenvalue weighted by atomic mass is 9.69. The van der Waals surface area contributed by atoms with Crippen LogP contribution in [-0.4, -0.2) is 14.9 Å². The maximum atomic E-state index is 11.0. The van der Waals surface area contributed by atoms with Crippen molar-refractivity contribution in [1.82, 2.24) is 9.78 Å². The van der Waals surface area contributed by atoms with Crippen LogP contribution in [0.1, 0.15) is 52.1 Å². The zero-order chi connectivity index (χ0) is 12.5. The normalized spacial score (nSPS) is 33.9. The van der Waals surface area contributed by atoms with Gasteiger partial charge >= 0.3 is 0 Å². The monoisotopic (exact) mass is 236 g/mol. The fourth-order valence-corrected chi connectivity index (χ4v) is 3.09. The second kappa shape index (κ2) is 4.81. The van der Waals surface area contributed by atoms with Gasteiger partial charge in [0.25, 0.3) is 0 Å². The quantitative estimate of drug-likeness (QED) is 0.876. The van der Waals surface area contributed by atoms with E-state index in [-0.39, 0.29) is 0 Å². The van der Waals surface area contributed by atoms with E-state index in [4.69, 9.17) is 0 Å². The lowest BCUT2D eigenvalue weighted by molar-refractivity contribution is -0.0753. The van der Waals surface area contributed by atoms with Gasteiger partial charge in [0.05, 0.1) is 5.69 Å². The average molecular weight is 236 g/mol. The first-order valence-corrected chi connectivity index (χ1v) is 6.84. The first-order chi connectivity index (χ1) is 8.09. The molecule has 1 saturated carbocycles. The summed E-state index contributed by atoms with van der Waals surface area (Å²) in [6.45, 7) is 7.45. The Morgan fingerprint density at radius 1 is 1.53 bits per heavy atom. The summed E-state index contributed by atoms with van der Waals surface area (Å²) in [5, 5.41) is 15.4. The van der Waals surface area contributed by atoms with Crippen molar-refractivity contribution < 1.29 is 5.11 Å². The van der Waals surface area contributed by atoms with Crippen LogP contribution in [0.4, 0.5) is 0 Å². The Labute approximate surface area is 104 Å². The summed E-state index contributed by atoms with van der Waals surface area (Å²) in [6, 6.07) is 1.99. The average Bonchev–Trinajstić information content (AvgIpc) is 2.75. The van der Waals surface area contributed by atoms with E-state index in [9.17, 15) is 5.11 Å². The SMILES string of the molecule is CCCn1nccc1C1(O)CCCC(C)C1C. The molecular weight excluding hydrogens is 212 g/mol. The molecule has 1 N–H and O–H groups in total. The minimum Gasteiger partial charge on any atom is -0.383 e. The number of aromatic nitrogens is 2. The summed E-state index contributed by atoms with van der Waals surface area (Å²) in [6.07, 6.45) is 6.07. The highest BCUT2D eigenvalue weighted by Crippen LogP contribution is 2.44. The van der Waals surface area contributed by atoms with Crippen molar-refractivity contribution in [3.05, 3.63) is 18.0 Å². The Bertz CT molecular complexity index is 374. The van der Waals surface area contributed by atoms with Gasteiger partial charge in [0, 0.05) is 12.7 Å². The van der Waals surface area contributed by atoms with Gasteiger partial charge in [0.15, 0.2) is 0 Å². The maximum Gasteiger partial charge on any atom is 0.109 e. The van der Waals surface area contributed by atoms with E-state index in [2.05, 4.69) is 25.9 Å². The van der Waals surface area contributed by atoms with Crippen molar-refractivity contribution in [1.29, 1.82) is 0 Å². The van der Waals surface area contributed by atoms with Crippen molar-refractivity contribution in [3.63, 3.8) is 0 Å². The third-order valence-electron chi connectivity index (χ3n) is 4.42. The summed E-state index contributed by atoms with van der Waals surface area (Å²) >= 11 is 0. The molecular formula is C14H24N2O. The Morgan fingerprint density at radius 2 is 2.29 bits per heavy atom. The summed E-state index contributed by atoms with van der Waals surface area (Å²) in [4.78, 5) is 0. The molecule has 0 bridgehead atoms. The zero-order valence-electron chi connectivity index (χ0n) is 11.2. The second-order valence-corrected chi connectivity index (χ2v) is 5.52. The fraction of sp³-hybridized carbons (Fsp3) is 0.786. The van der Waals surface area contributed by atoms with Crippen LogP contribution in [0.3, 0.4) is 0 Å². The van der Waals surface area contributed by atoms with Crippen molar-refractivity contribution in [2.75, 3.05) is 0 Å². The molecule has 1 aromatic heterocycles. The van der Waals surface area contributed by atoms with Crippen molar-refractivity contribution in [3.8, 4) is 0 Å². The van der Waals surface area contributed by atoms with Gasteiger partial charge in [-0.3, -0.25) is 4.68 Å². The highest BCUT2D eigenvalue weighted by Gasteiger charge is 2.43. The highest BCUT2D eigenvalue weighted by atomic mass is 16.3. The molecule has 3 heteroatoms. The molecule has 17 heavy (non-hydrogen) atoms. The number of nitrogens with zero attached hydrogens (tertiary/aromatic N) is 2. The molecule has 0 aliphatic heterocycles. The van der Waals surface area contributed by atoms with E-state index in [1.165, 1.54) is 6.42 Å². The number of rotatable bonds is 3. The number of aliphatic hydroxyl groups is 1. The van der Waals surface area contributed by atoms with Crippen LogP contribution in [0, 0.1) is 11.8 Å². The predicted molar refractivity (Wildman–Crippen MR) is 68.6 cm³/mol. The van der Waals surface area contributed by atoms with Crippen LogP contribution < -0.4 is 0 Å². The van der Waals surface area contributed by atoms with Gasteiger partial charge in [-0.05, 0) is 37.2 Å². The first kappa shape index (κ1) is 12.6. The summed E-state index contributed by atoms with van der Waals surface area (Å²) in [5.41, 5.74) is 0.335. The van der Waals surface area contributed by atoms with E-state index < -0.39 is 5.60 Å². The van der Waals surface area contributed by atoms with Crippen molar-refractivity contribution in [2.45, 2.75) is 58.6 Å². The molecule has 3 unspecified atom stereocenters. The number of hydrogen-bond donors (Lipinski definition) is 1. The molecule has 2 rings (SSSR count). The Balaban J connectivity index is 2.32. The molecule has 0 amide bonds. The topological polar surface area (TPSA) is 38.0 Å². The summed E-state index contributed by atoms with van der Waals surface area (Å²) in [7, 11) is 0. The lowest BCUT2D eigenvalue weighted by Gasteiger charge is -2.42. The van der Waals surface area contributed by atoms with E-state index in [0.29, 0.717) is 11.8 Å². The van der Waals surface area contributed by atoms with Gasteiger partial charge < -0.3 is 5.11 Å². The van der Waals surface area contributed by atoms with Crippen LogP contribution in [0.5, 0.6) is 0 Å². The molecule has 96 valence electrons.